The van der Waals surface area contributed by atoms with Crippen molar-refractivity contribution in [3.63, 3.8) is 0 Å². The number of nitrogens with one attached hydrogen (secondary N) is 2. The number of urea groups is 1. The van der Waals surface area contributed by atoms with E-state index in [4.69, 9.17) is 5.11 Å². The van der Waals surface area contributed by atoms with Crippen molar-refractivity contribution in [2.24, 2.45) is 0 Å². The zero-order valence-corrected chi connectivity index (χ0v) is 9.18. The van der Waals surface area contributed by atoms with Crippen LogP contribution in [0, 0.1) is 0 Å². The Labute approximate surface area is 97.4 Å². The van der Waals surface area contributed by atoms with Gasteiger partial charge < -0.3 is 20.3 Å². The quantitative estimate of drug-likeness (QED) is 0.585. The third-order valence-electron chi connectivity index (χ3n) is 1.92. The molecule has 0 spiro atoms. The summed E-state index contributed by atoms with van der Waals surface area (Å²) in [6, 6.07) is -0.342. The van der Waals surface area contributed by atoms with Crippen molar-refractivity contribution < 1.29 is 19.2 Å². The van der Waals surface area contributed by atoms with E-state index in [0.717, 1.165) is 0 Å². The molecular weight excluding hydrogens is 228 g/mol. The molecule has 1 rings (SSSR count). The largest absolute Gasteiger partial charge is 0.481 e. The van der Waals surface area contributed by atoms with Crippen molar-refractivity contribution in [1.29, 1.82) is 0 Å². The van der Waals surface area contributed by atoms with Crippen LogP contribution < -0.4 is 10.6 Å². The molecule has 0 aliphatic carbocycles. The van der Waals surface area contributed by atoms with Crippen molar-refractivity contribution in [3.05, 3.63) is 12.2 Å². The molecule has 0 fully saturated rings. The van der Waals surface area contributed by atoms with E-state index in [1.807, 2.05) is 0 Å². The van der Waals surface area contributed by atoms with E-state index in [9.17, 15) is 9.59 Å². The van der Waals surface area contributed by atoms with E-state index < -0.39 is 5.97 Å². The van der Waals surface area contributed by atoms with Gasteiger partial charge in [-0.25, -0.2) is 4.79 Å². The number of carbonyl (C=O) groups is 2. The summed E-state index contributed by atoms with van der Waals surface area (Å²) in [4.78, 5) is 25.2. The molecule has 1 heterocycles. The van der Waals surface area contributed by atoms with Gasteiger partial charge in [0, 0.05) is 13.0 Å². The molecule has 94 valence electrons. The summed E-state index contributed by atoms with van der Waals surface area (Å²) in [6.07, 6.45) is 2.47. The van der Waals surface area contributed by atoms with Gasteiger partial charge in [0.25, 0.3) is 0 Å². The smallest absolute Gasteiger partial charge is 0.315 e. The second kappa shape index (κ2) is 7.20. The molecular formula is C9H14N4O4. The number of hydrogen-bond acceptors (Lipinski definition) is 5. The zero-order chi connectivity index (χ0) is 12.5. The Bertz CT molecular complexity index is 352. The predicted molar refractivity (Wildman–Crippen MR) is 56.0 cm³/mol. The van der Waals surface area contributed by atoms with Gasteiger partial charge in [0.1, 0.15) is 0 Å². The molecule has 0 atom stereocenters. The highest BCUT2D eigenvalue weighted by molar-refractivity contribution is 5.73. The highest BCUT2D eigenvalue weighted by atomic mass is 16.5. The van der Waals surface area contributed by atoms with Gasteiger partial charge in [-0.3, -0.25) is 4.79 Å². The van der Waals surface area contributed by atoms with Gasteiger partial charge in [0.2, 0.25) is 6.39 Å². The molecule has 0 saturated heterocycles. The van der Waals surface area contributed by atoms with Crippen LogP contribution in [0.4, 0.5) is 4.79 Å². The zero-order valence-electron chi connectivity index (χ0n) is 9.18. The molecule has 0 bridgehead atoms. The van der Waals surface area contributed by atoms with E-state index in [0.29, 0.717) is 25.2 Å². The third kappa shape index (κ3) is 6.13. The van der Waals surface area contributed by atoms with E-state index in [1.165, 1.54) is 6.39 Å². The Balaban J connectivity index is 2.00. The standard InChI is InChI=1S/C9H14N4O4/c14-8(15)3-1-2-4-10-9(16)11-5-7-12-6-17-13-7/h6H,1-5H2,(H,14,15)(H2,10,11,16). The van der Waals surface area contributed by atoms with Crippen LogP contribution in [0.25, 0.3) is 0 Å². The molecule has 1 aromatic rings. The number of amides is 2. The first-order chi connectivity index (χ1) is 8.18. The molecule has 8 heteroatoms. The maximum Gasteiger partial charge on any atom is 0.315 e. The summed E-state index contributed by atoms with van der Waals surface area (Å²) in [7, 11) is 0. The Morgan fingerprint density at radius 3 is 2.82 bits per heavy atom. The molecule has 0 unspecified atom stereocenters. The number of carbonyl (C=O) groups excluding carboxylic acids is 1. The lowest BCUT2D eigenvalue weighted by Crippen LogP contribution is -2.35. The van der Waals surface area contributed by atoms with Crippen LogP contribution in [0.2, 0.25) is 0 Å². The van der Waals surface area contributed by atoms with Crippen molar-refractivity contribution in [2.45, 2.75) is 25.8 Å². The summed E-state index contributed by atoms with van der Waals surface area (Å²) in [5.41, 5.74) is 0. The Hall–Kier alpha value is -2.12. The minimum atomic E-state index is -0.827. The number of carboxylic acids is 1. The summed E-state index contributed by atoms with van der Waals surface area (Å²) >= 11 is 0. The topological polar surface area (TPSA) is 117 Å². The van der Waals surface area contributed by atoms with Gasteiger partial charge in [-0.2, -0.15) is 4.98 Å². The molecule has 17 heavy (non-hydrogen) atoms. The van der Waals surface area contributed by atoms with Crippen LogP contribution >= 0.6 is 0 Å². The highest BCUT2D eigenvalue weighted by Gasteiger charge is 2.02. The number of aliphatic carboxylic acids is 1. The molecule has 1 aromatic heterocycles. The first kappa shape index (κ1) is 12.9. The van der Waals surface area contributed by atoms with E-state index in [2.05, 4.69) is 25.3 Å². The number of aromatic nitrogens is 2. The van der Waals surface area contributed by atoms with Crippen LogP contribution in [-0.2, 0) is 11.3 Å². The van der Waals surface area contributed by atoms with Gasteiger partial charge >= 0.3 is 12.0 Å². The number of rotatable bonds is 7. The normalized spacial score (nSPS) is 9.88. The van der Waals surface area contributed by atoms with Gasteiger partial charge in [-0.1, -0.05) is 5.16 Å². The van der Waals surface area contributed by atoms with Crippen molar-refractivity contribution in [1.82, 2.24) is 20.8 Å². The Kier molecular flexibility index (Phi) is 5.49. The van der Waals surface area contributed by atoms with Crippen LogP contribution in [-0.4, -0.2) is 33.8 Å². The van der Waals surface area contributed by atoms with E-state index >= 15 is 0 Å². The van der Waals surface area contributed by atoms with Crippen LogP contribution in [0.3, 0.4) is 0 Å². The van der Waals surface area contributed by atoms with Crippen molar-refractivity contribution in [2.75, 3.05) is 6.54 Å². The fourth-order valence-electron chi connectivity index (χ4n) is 1.10. The van der Waals surface area contributed by atoms with Gasteiger partial charge in [-0.15, -0.1) is 0 Å². The van der Waals surface area contributed by atoms with Crippen LogP contribution in [0.5, 0.6) is 0 Å². The SMILES string of the molecule is O=C(O)CCCCNC(=O)NCc1ncon1. The minimum absolute atomic E-state index is 0.117. The summed E-state index contributed by atoms with van der Waals surface area (Å²) < 4.78 is 4.49. The third-order valence-corrected chi connectivity index (χ3v) is 1.92. The Morgan fingerprint density at radius 1 is 1.35 bits per heavy atom. The van der Waals surface area contributed by atoms with Gasteiger partial charge in [0.15, 0.2) is 5.82 Å². The number of carboxylic acid groups (broad SMARTS) is 1. The average molecular weight is 242 g/mol. The maximum atomic E-state index is 11.2. The van der Waals surface area contributed by atoms with Crippen molar-refractivity contribution in [3.8, 4) is 0 Å². The molecule has 0 aliphatic rings. The second-order valence-corrected chi connectivity index (χ2v) is 3.31. The molecule has 0 aromatic carbocycles. The van der Waals surface area contributed by atoms with E-state index in [1.54, 1.807) is 0 Å². The first-order valence-electron chi connectivity index (χ1n) is 5.17. The molecule has 3 N–H and O–H groups in total. The predicted octanol–water partition coefficient (Wildman–Crippen LogP) is 0.124. The lowest BCUT2D eigenvalue weighted by Gasteiger charge is -2.04. The summed E-state index contributed by atoms with van der Waals surface area (Å²) in [5.74, 6) is -0.433. The average Bonchev–Trinajstić information content (AvgIpc) is 2.78. The van der Waals surface area contributed by atoms with E-state index in [-0.39, 0.29) is 19.0 Å². The monoisotopic (exact) mass is 242 g/mol. The number of unbranched alkanes of at least 4 members (excludes halogenated alkanes) is 1. The summed E-state index contributed by atoms with van der Waals surface area (Å²) in [5, 5.41) is 17.0. The number of hydrogen-bond donors (Lipinski definition) is 3. The lowest BCUT2D eigenvalue weighted by atomic mass is 10.2. The van der Waals surface area contributed by atoms with Crippen LogP contribution in [0.15, 0.2) is 10.9 Å². The fraction of sp³-hybridized carbons (Fsp3) is 0.556. The van der Waals surface area contributed by atoms with Crippen molar-refractivity contribution >= 4 is 12.0 Å². The molecule has 0 aliphatic heterocycles. The number of nitrogens with zero attached hydrogens (tertiary/aromatic N) is 2. The lowest BCUT2D eigenvalue weighted by molar-refractivity contribution is -0.137. The Morgan fingerprint density at radius 2 is 2.18 bits per heavy atom. The van der Waals surface area contributed by atoms with Gasteiger partial charge in [0.05, 0.1) is 6.54 Å². The molecule has 0 saturated carbocycles. The minimum Gasteiger partial charge on any atom is -0.481 e. The van der Waals surface area contributed by atoms with Crippen LogP contribution in [0.1, 0.15) is 25.1 Å². The first-order valence-corrected chi connectivity index (χ1v) is 5.17. The molecule has 8 nitrogen and oxygen atoms in total. The highest BCUT2D eigenvalue weighted by Crippen LogP contribution is 1.93. The summed E-state index contributed by atoms with van der Waals surface area (Å²) in [6.45, 7) is 0.628. The molecule has 0 radical (unpaired) electrons. The molecule has 2 amide bonds. The van der Waals surface area contributed by atoms with Gasteiger partial charge in [-0.05, 0) is 12.8 Å². The maximum absolute atomic E-state index is 11.2. The second-order valence-electron chi connectivity index (χ2n) is 3.31. The fourth-order valence-corrected chi connectivity index (χ4v) is 1.10.